The number of hydrogen-bond acceptors (Lipinski definition) is 3. The van der Waals surface area contributed by atoms with Crippen LogP contribution in [0.3, 0.4) is 0 Å². The number of rotatable bonds is 5. The Morgan fingerprint density at radius 1 is 1.30 bits per heavy atom. The number of benzene rings is 1. The molecule has 2 heterocycles. The number of fused-ring (bicyclic) bond motifs is 1. The summed E-state index contributed by atoms with van der Waals surface area (Å²) in [5.41, 5.74) is 1.83. The molecule has 1 aliphatic rings. The van der Waals surface area contributed by atoms with Crippen LogP contribution in [0.25, 0.3) is 10.9 Å². The Morgan fingerprint density at radius 2 is 2.04 bits per heavy atom. The molecule has 5 heteroatoms. The molecule has 0 spiro atoms. The minimum absolute atomic E-state index is 0.00984. The molecule has 3 rings (SSSR count). The number of carbonyl (C=O) groups is 1. The van der Waals surface area contributed by atoms with Crippen LogP contribution in [0.5, 0.6) is 0 Å². The van der Waals surface area contributed by atoms with Crippen LogP contribution in [-0.2, 0) is 11.8 Å². The zero-order valence-corrected chi connectivity index (χ0v) is 13.9. The molecule has 1 aromatic carbocycles. The van der Waals surface area contributed by atoms with Crippen molar-refractivity contribution in [1.82, 2.24) is 14.8 Å². The molecule has 23 heavy (non-hydrogen) atoms. The summed E-state index contributed by atoms with van der Waals surface area (Å²) < 4.78 is 7.37. The van der Waals surface area contributed by atoms with E-state index in [4.69, 9.17) is 4.74 Å². The monoisotopic (exact) mass is 315 g/mol. The van der Waals surface area contributed by atoms with Crippen LogP contribution in [0, 0.1) is 5.92 Å². The van der Waals surface area contributed by atoms with Gasteiger partial charge in [-0.25, -0.2) is 0 Å². The Balaban J connectivity index is 1.58. The van der Waals surface area contributed by atoms with Gasteiger partial charge in [-0.3, -0.25) is 9.69 Å². The molecular formula is C18H25N3O2. The normalized spacial score (nSPS) is 17.3. The first kappa shape index (κ1) is 16.0. The fourth-order valence-electron chi connectivity index (χ4n) is 3.17. The molecular weight excluding hydrogens is 290 g/mol. The molecule has 1 unspecified atom stereocenters. The van der Waals surface area contributed by atoms with Crippen molar-refractivity contribution in [1.29, 1.82) is 0 Å². The average Bonchev–Trinajstić information content (AvgIpc) is 2.91. The number of ether oxygens (including phenoxy) is 1. The van der Waals surface area contributed by atoms with Gasteiger partial charge in [0.05, 0.1) is 18.8 Å². The van der Waals surface area contributed by atoms with Crippen molar-refractivity contribution in [2.75, 3.05) is 39.4 Å². The van der Waals surface area contributed by atoms with Gasteiger partial charge >= 0.3 is 0 Å². The van der Waals surface area contributed by atoms with Crippen molar-refractivity contribution in [3.63, 3.8) is 0 Å². The summed E-state index contributed by atoms with van der Waals surface area (Å²) in [6.45, 7) is 7.48. The summed E-state index contributed by atoms with van der Waals surface area (Å²) in [6.07, 6.45) is 1.91. The van der Waals surface area contributed by atoms with Crippen molar-refractivity contribution in [3.05, 3.63) is 36.0 Å². The molecule has 0 saturated carbocycles. The molecule has 5 nitrogen and oxygen atoms in total. The maximum absolute atomic E-state index is 12.5. The number of morpholine rings is 1. The van der Waals surface area contributed by atoms with Crippen molar-refractivity contribution in [2.24, 2.45) is 13.0 Å². The predicted molar refractivity (Wildman–Crippen MR) is 91.7 cm³/mol. The number of aryl methyl sites for hydroxylation is 1. The third-order valence-corrected chi connectivity index (χ3v) is 4.43. The van der Waals surface area contributed by atoms with Gasteiger partial charge in [0.15, 0.2) is 0 Å². The quantitative estimate of drug-likeness (QED) is 0.916. The molecule has 124 valence electrons. The van der Waals surface area contributed by atoms with Crippen molar-refractivity contribution in [3.8, 4) is 0 Å². The molecule has 0 bridgehead atoms. The van der Waals surface area contributed by atoms with E-state index in [-0.39, 0.29) is 5.91 Å². The Kier molecular flexibility index (Phi) is 4.98. The molecule has 2 aromatic rings. The fourth-order valence-corrected chi connectivity index (χ4v) is 3.17. The van der Waals surface area contributed by atoms with Gasteiger partial charge in [-0.2, -0.15) is 0 Å². The highest BCUT2D eigenvalue weighted by molar-refractivity contribution is 6.06. The molecule has 1 fully saturated rings. The van der Waals surface area contributed by atoms with Gasteiger partial charge in [0.1, 0.15) is 0 Å². The fraction of sp³-hybridized carbons (Fsp3) is 0.500. The van der Waals surface area contributed by atoms with E-state index in [9.17, 15) is 4.79 Å². The van der Waals surface area contributed by atoms with Gasteiger partial charge in [0, 0.05) is 50.3 Å². The summed E-state index contributed by atoms with van der Waals surface area (Å²) >= 11 is 0. The lowest BCUT2D eigenvalue weighted by Gasteiger charge is -2.29. The maximum atomic E-state index is 12.5. The highest BCUT2D eigenvalue weighted by Crippen LogP contribution is 2.20. The van der Waals surface area contributed by atoms with Gasteiger partial charge in [0.2, 0.25) is 0 Å². The van der Waals surface area contributed by atoms with Crippen LogP contribution in [-0.4, -0.2) is 54.8 Å². The summed E-state index contributed by atoms with van der Waals surface area (Å²) in [5, 5.41) is 4.09. The van der Waals surface area contributed by atoms with Crippen LogP contribution >= 0.6 is 0 Å². The lowest BCUT2D eigenvalue weighted by atomic mass is 10.1. The molecule has 1 aromatic heterocycles. The van der Waals surface area contributed by atoms with Crippen LogP contribution in [0.2, 0.25) is 0 Å². The SMILES string of the molecule is CC(CNC(=O)c1cn(C)c2ccccc12)CN1CCOCC1. The van der Waals surface area contributed by atoms with Crippen LogP contribution < -0.4 is 5.32 Å². The molecule has 1 saturated heterocycles. The predicted octanol–water partition coefficient (Wildman–Crippen LogP) is 1.88. The minimum atomic E-state index is 0.00984. The second-order valence-corrected chi connectivity index (χ2v) is 6.40. The lowest BCUT2D eigenvalue weighted by molar-refractivity contribution is 0.0317. The summed E-state index contributed by atoms with van der Waals surface area (Å²) in [7, 11) is 1.97. The molecule has 1 aliphatic heterocycles. The topological polar surface area (TPSA) is 46.5 Å². The number of nitrogens with one attached hydrogen (secondary N) is 1. The highest BCUT2D eigenvalue weighted by Gasteiger charge is 2.16. The van der Waals surface area contributed by atoms with Crippen molar-refractivity contribution in [2.45, 2.75) is 6.92 Å². The van der Waals surface area contributed by atoms with Gasteiger partial charge in [0.25, 0.3) is 5.91 Å². The molecule has 1 atom stereocenters. The number of nitrogens with zero attached hydrogens (tertiary/aromatic N) is 2. The summed E-state index contributed by atoms with van der Waals surface area (Å²) in [6, 6.07) is 8.00. The third-order valence-electron chi connectivity index (χ3n) is 4.43. The second-order valence-electron chi connectivity index (χ2n) is 6.40. The number of carbonyl (C=O) groups excluding carboxylic acids is 1. The molecule has 0 radical (unpaired) electrons. The van der Waals surface area contributed by atoms with Crippen LogP contribution in [0.1, 0.15) is 17.3 Å². The zero-order valence-electron chi connectivity index (χ0n) is 13.9. The first-order valence-corrected chi connectivity index (χ1v) is 8.27. The maximum Gasteiger partial charge on any atom is 0.253 e. The number of amides is 1. The lowest BCUT2D eigenvalue weighted by Crippen LogP contribution is -2.41. The van der Waals surface area contributed by atoms with Gasteiger partial charge in [-0.15, -0.1) is 0 Å². The average molecular weight is 315 g/mol. The Bertz CT molecular complexity index is 674. The number of para-hydroxylation sites is 1. The first-order valence-electron chi connectivity index (χ1n) is 8.27. The zero-order chi connectivity index (χ0) is 16.2. The van der Waals surface area contributed by atoms with Gasteiger partial charge < -0.3 is 14.6 Å². The first-order chi connectivity index (χ1) is 11.1. The molecule has 1 amide bonds. The Morgan fingerprint density at radius 3 is 2.83 bits per heavy atom. The highest BCUT2D eigenvalue weighted by atomic mass is 16.5. The van der Waals surface area contributed by atoms with Gasteiger partial charge in [-0.05, 0) is 12.0 Å². The van der Waals surface area contributed by atoms with E-state index in [1.165, 1.54) is 0 Å². The minimum Gasteiger partial charge on any atom is -0.379 e. The standard InChI is InChI=1S/C18H25N3O2/c1-14(12-21-7-9-23-10-8-21)11-19-18(22)16-13-20(2)17-6-4-3-5-15(16)17/h3-6,13-14H,7-12H2,1-2H3,(H,19,22). The summed E-state index contributed by atoms with van der Waals surface area (Å²) in [5.74, 6) is 0.433. The summed E-state index contributed by atoms with van der Waals surface area (Å²) in [4.78, 5) is 14.9. The van der Waals surface area contributed by atoms with Crippen LogP contribution in [0.4, 0.5) is 0 Å². The largest absolute Gasteiger partial charge is 0.379 e. The second kappa shape index (κ2) is 7.15. The van der Waals surface area contributed by atoms with Crippen molar-refractivity contribution < 1.29 is 9.53 Å². The Labute approximate surface area is 137 Å². The number of aromatic nitrogens is 1. The van der Waals surface area contributed by atoms with E-state index in [1.807, 2.05) is 42.1 Å². The van der Waals surface area contributed by atoms with Crippen molar-refractivity contribution >= 4 is 16.8 Å². The van der Waals surface area contributed by atoms with E-state index in [2.05, 4.69) is 17.1 Å². The van der Waals surface area contributed by atoms with E-state index in [0.29, 0.717) is 12.5 Å². The number of hydrogen-bond donors (Lipinski definition) is 1. The van der Waals surface area contributed by atoms with E-state index < -0.39 is 0 Å². The third kappa shape index (κ3) is 3.74. The van der Waals surface area contributed by atoms with Crippen LogP contribution in [0.15, 0.2) is 30.5 Å². The Hall–Kier alpha value is -1.85. The van der Waals surface area contributed by atoms with E-state index >= 15 is 0 Å². The molecule has 1 N–H and O–H groups in total. The van der Waals surface area contributed by atoms with Gasteiger partial charge in [-0.1, -0.05) is 25.1 Å². The smallest absolute Gasteiger partial charge is 0.253 e. The van der Waals surface area contributed by atoms with E-state index in [0.717, 1.165) is 49.3 Å². The van der Waals surface area contributed by atoms with E-state index in [1.54, 1.807) is 0 Å². The molecule has 0 aliphatic carbocycles.